The van der Waals surface area contributed by atoms with Crippen molar-refractivity contribution in [1.82, 2.24) is 20.4 Å². The summed E-state index contributed by atoms with van der Waals surface area (Å²) < 4.78 is 40.3. The van der Waals surface area contributed by atoms with Crippen LogP contribution in [0.3, 0.4) is 0 Å². The monoisotopic (exact) mass is 334 g/mol. The van der Waals surface area contributed by atoms with Gasteiger partial charge in [0, 0.05) is 14.1 Å². The number of carbonyl (C=O) groups excluding carboxylic acids is 2. The van der Waals surface area contributed by atoms with Crippen molar-refractivity contribution in [3.8, 4) is 0 Å². The van der Waals surface area contributed by atoms with Crippen LogP contribution in [0.1, 0.15) is 41.0 Å². The van der Waals surface area contributed by atoms with Gasteiger partial charge in [0.2, 0.25) is 5.91 Å². The maximum atomic E-state index is 13.1. The van der Waals surface area contributed by atoms with E-state index in [-0.39, 0.29) is 18.5 Å². The number of hydrogen-bond acceptors (Lipinski definition) is 4. The lowest BCUT2D eigenvalue weighted by molar-refractivity contribution is -0.142. The van der Waals surface area contributed by atoms with Gasteiger partial charge in [-0.2, -0.15) is 18.3 Å². The maximum absolute atomic E-state index is 13.1. The van der Waals surface area contributed by atoms with E-state index < -0.39 is 41.4 Å². The second kappa shape index (κ2) is 5.84. The summed E-state index contributed by atoms with van der Waals surface area (Å²) in [6.07, 6.45) is -4.08. The Kier molecular flexibility index (Phi) is 4.38. The topological polar surface area (TPSA) is 96.2 Å². The molecular weight excluding hydrogens is 317 g/mol. The minimum atomic E-state index is -4.85. The molecule has 0 radical (unpaired) electrons. The molecule has 10 heteroatoms. The van der Waals surface area contributed by atoms with Crippen molar-refractivity contribution in [3.05, 3.63) is 17.0 Å². The van der Waals surface area contributed by atoms with Crippen LogP contribution in [0, 0.1) is 0 Å². The predicted molar refractivity (Wildman–Crippen MR) is 72.2 cm³/mol. The summed E-state index contributed by atoms with van der Waals surface area (Å²) in [5.41, 5.74) is -3.78. The molecule has 0 aliphatic heterocycles. The summed E-state index contributed by atoms with van der Waals surface area (Å²) in [7, 11) is 2.56. The van der Waals surface area contributed by atoms with Gasteiger partial charge in [-0.05, 0) is 19.3 Å². The molecule has 128 valence electrons. The van der Waals surface area contributed by atoms with Crippen molar-refractivity contribution >= 4 is 11.8 Å². The first kappa shape index (κ1) is 17.3. The summed E-state index contributed by atoms with van der Waals surface area (Å²) in [6, 6.07) is 0. The van der Waals surface area contributed by atoms with E-state index in [4.69, 9.17) is 0 Å². The number of likely N-dealkylation sites (N-methyl/N-ethyl adjacent to an activating group) is 1. The van der Waals surface area contributed by atoms with E-state index in [1.165, 1.54) is 14.1 Å². The highest BCUT2D eigenvalue weighted by Gasteiger charge is 2.44. The van der Waals surface area contributed by atoms with Gasteiger partial charge in [-0.25, -0.2) is 0 Å². The largest absolute Gasteiger partial charge is 0.435 e. The number of nitrogens with zero attached hydrogens (tertiary/aromatic N) is 2. The number of halogens is 3. The minimum Gasteiger partial charge on any atom is -0.371 e. The second-order valence-electron chi connectivity index (χ2n) is 5.48. The summed E-state index contributed by atoms with van der Waals surface area (Å²) in [6.45, 7) is 0. The van der Waals surface area contributed by atoms with Crippen molar-refractivity contribution in [2.75, 3.05) is 7.05 Å². The van der Waals surface area contributed by atoms with Crippen molar-refractivity contribution in [2.45, 2.75) is 37.6 Å². The number of hydrogen-bond donors (Lipinski definition) is 3. The average Bonchev–Trinajstić information content (AvgIpc) is 2.74. The first-order valence-corrected chi connectivity index (χ1v) is 6.96. The first-order valence-electron chi connectivity index (χ1n) is 6.96. The van der Waals surface area contributed by atoms with Crippen LogP contribution in [0.15, 0.2) is 0 Å². The number of carbonyl (C=O) groups is 2. The molecule has 1 aromatic rings. The van der Waals surface area contributed by atoms with E-state index in [2.05, 4.69) is 15.7 Å². The summed E-state index contributed by atoms with van der Waals surface area (Å²) in [5.74, 6) is -1.65. The number of aliphatic hydroxyl groups is 1. The number of aryl methyl sites for hydroxylation is 1. The lowest BCUT2D eigenvalue weighted by Crippen LogP contribution is -2.53. The molecule has 3 N–H and O–H groups in total. The fourth-order valence-corrected chi connectivity index (χ4v) is 2.35. The predicted octanol–water partition coefficient (Wildman–Crippen LogP) is 0.330. The smallest absolute Gasteiger partial charge is 0.371 e. The fraction of sp³-hybridized carbons (Fsp3) is 0.615. The number of nitrogens with one attached hydrogen (secondary N) is 2. The van der Waals surface area contributed by atoms with E-state index in [0.29, 0.717) is 6.42 Å². The molecule has 0 atom stereocenters. The Bertz CT molecular complexity index is 635. The van der Waals surface area contributed by atoms with Crippen LogP contribution >= 0.6 is 0 Å². The second-order valence-corrected chi connectivity index (χ2v) is 5.48. The van der Waals surface area contributed by atoms with Crippen LogP contribution in [0.25, 0.3) is 0 Å². The molecule has 0 unspecified atom stereocenters. The molecule has 1 fully saturated rings. The average molecular weight is 334 g/mol. The van der Waals surface area contributed by atoms with Gasteiger partial charge in [-0.15, -0.1) is 0 Å². The molecule has 0 bridgehead atoms. The summed E-state index contributed by atoms with van der Waals surface area (Å²) >= 11 is 0. The van der Waals surface area contributed by atoms with Gasteiger partial charge >= 0.3 is 6.18 Å². The van der Waals surface area contributed by atoms with Crippen molar-refractivity contribution in [3.63, 3.8) is 0 Å². The normalized spacial score (nSPS) is 16.6. The molecule has 2 rings (SSSR count). The van der Waals surface area contributed by atoms with Gasteiger partial charge in [0.05, 0.1) is 17.7 Å². The highest BCUT2D eigenvalue weighted by atomic mass is 19.4. The Morgan fingerprint density at radius 3 is 2.43 bits per heavy atom. The summed E-state index contributed by atoms with van der Waals surface area (Å²) in [5, 5.41) is 17.8. The van der Waals surface area contributed by atoms with E-state index in [9.17, 15) is 27.9 Å². The van der Waals surface area contributed by atoms with Gasteiger partial charge in [0.25, 0.3) is 5.91 Å². The number of alkyl halides is 3. The van der Waals surface area contributed by atoms with Crippen LogP contribution < -0.4 is 10.6 Å². The van der Waals surface area contributed by atoms with E-state index in [1.807, 2.05) is 0 Å². The van der Waals surface area contributed by atoms with E-state index >= 15 is 0 Å². The Morgan fingerprint density at radius 2 is 2.00 bits per heavy atom. The van der Waals surface area contributed by atoms with Crippen LogP contribution in [-0.4, -0.2) is 39.5 Å². The maximum Gasteiger partial charge on any atom is 0.435 e. The number of rotatable bonds is 4. The van der Waals surface area contributed by atoms with Gasteiger partial charge in [-0.1, -0.05) is 0 Å². The zero-order chi connectivity index (χ0) is 17.4. The molecule has 1 aliphatic carbocycles. The third-order valence-electron chi connectivity index (χ3n) is 3.80. The molecular formula is C13H17F3N4O3. The van der Waals surface area contributed by atoms with Crippen LogP contribution in [0.2, 0.25) is 0 Å². The molecule has 2 amide bonds. The summed E-state index contributed by atoms with van der Waals surface area (Å²) in [4.78, 5) is 23.8. The molecule has 0 spiro atoms. The molecule has 0 aromatic carbocycles. The van der Waals surface area contributed by atoms with E-state index in [0.717, 1.165) is 4.68 Å². The highest BCUT2D eigenvalue weighted by molar-refractivity contribution is 5.98. The van der Waals surface area contributed by atoms with Crippen molar-refractivity contribution < 1.29 is 27.9 Å². The Balaban J connectivity index is 2.44. The van der Waals surface area contributed by atoms with Crippen LogP contribution in [-0.2, 0) is 24.4 Å². The first-order chi connectivity index (χ1) is 10.6. The van der Waals surface area contributed by atoms with Crippen molar-refractivity contribution in [2.24, 2.45) is 7.05 Å². The van der Waals surface area contributed by atoms with Gasteiger partial charge in [0.15, 0.2) is 5.69 Å². The lowest BCUT2D eigenvalue weighted by atomic mass is 9.88. The van der Waals surface area contributed by atoms with Gasteiger partial charge in [0.1, 0.15) is 5.72 Å². The Morgan fingerprint density at radius 1 is 1.39 bits per heavy atom. The van der Waals surface area contributed by atoms with Crippen LogP contribution in [0.4, 0.5) is 13.2 Å². The van der Waals surface area contributed by atoms with Crippen molar-refractivity contribution in [1.29, 1.82) is 0 Å². The molecule has 1 aliphatic rings. The molecule has 1 aromatic heterocycles. The molecule has 0 saturated heterocycles. The highest BCUT2D eigenvalue weighted by Crippen LogP contribution is 2.34. The molecule has 7 nitrogen and oxygen atoms in total. The Hall–Kier alpha value is -2.10. The van der Waals surface area contributed by atoms with E-state index in [1.54, 1.807) is 0 Å². The van der Waals surface area contributed by atoms with Gasteiger partial charge < -0.3 is 15.7 Å². The third-order valence-corrected chi connectivity index (χ3v) is 3.80. The third kappa shape index (κ3) is 3.46. The standard InChI is InChI=1S/C13H17F3N4O3/c1-17-8(21)6-7-9(10(13(14,15)16)19-20(7)2)11(22)18-12(23)4-3-5-12/h23H,3-6H2,1-2H3,(H,17,21)(H,18,22). The number of aromatic nitrogens is 2. The zero-order valence-electron chi connectivity index (χ0n) is 12.6. The van der Waals surface area contributed by atoms with Gasteiger partial charge in [-0.3, -0.25) is 14.3 Å². The Labute approximate surface area is 129 Å². The lowest BCUT2D eigenvalue weighted by Gasteiger charge is -2.37. The quantitative estimate of drug-likeness (QED) is 0.692. The fourth-order valence-electron chi connectivity index (χ4n) is 2.35. The zero-order valence-corrected chi connectivity index (χ0v) is 12.6. The van der Waals surface area contributed by atoms with Crippen LogP contribution in [0.5, 0.6) is 0 Å². The number of amides is 2. The SMILES string of the molecule is CNC(=O)Cc1c(C(=O)NC2(O)CCC2)c(C(F)(F)F)nn1C. The minimum absolute atomic E-state index is 0.169. The molecule has 1 saturated carbocycles. The molecule has 1 heterocycles. The molecule has 23 heavy (non-hydrogen) atoms.